The largest absolute Gasteiger partial charge is 0.392 e. The summed E-state index contributed by atoms with van der Waals surface area (Å²) in [5, 5.41) is 9.45. The monoisotopic (exact) mass is 298 g/mol. The van der Waals surface area contributed by atoms with Gasteiger partial charge in [0.05, 0.1) is 6.10 Å². The molecular formula is C13H19BrN2O. The lowest BCUT2D eigenvalue weighted by molar-refractivity contribution is 0.175. The van der Waals surface area contributed by atoms with Gasteiger partial charge in [-0.15, -0.1) is 0 Å². The highest BCUT2D eigenvalue weighted by Crippen LogP contribution is 2.24. The standard InChI is InChI=1S/C13H19BrN2O/c14-12-4-2-1-3-11(12)13(15)6-8-16-7-5-10(17)9-16/h1-4,10,13,17H,5-9,15H2. The van der Waals surface area contributed by atoms with Crippen molar-refractivity contribution in [3.63, 3.8) is 0 Å². The zero-order valence-corrected chi connectivity index (χ0v) is 11.4. The Labute approximate surface area is 111 Å². The molecule has 0 radical (unpaired) electrons. The van der Waals surface area contributed by atoms with Crippen LogP contribution in [-0.4, -0.2) is 35.7 Å². The van der Waals surface area contributed by atoms with Crippen molar-refractivity contribution in [1.82, 2.24) is 4.90 Å². The lowest BCUT2D eigenvalue weighted by Crippen LogP contribution is -2.26. The fraction of sp³-hybridized carbons (Fsp3) is 0.538. The van der Waals surface area contributed by atoms with Gasteiger partial charge in [-0.1, -0.05) is 34.1 Å². The van der Waals surface area contributed by atoms with Crippen LogP contribution in [0.5, 0.6) is 0 Å². The molecule has 1 aliphatic heterocycles. The van der Waals surface area contributed by atoms with Crippen LogP contribution in [0.25, 0.3) is 0 Å². The molecule has 3 N–H and O–H groups in total. The molecule has 2 atom stereocenters. The van der Waals surface area contributed by atoms with Gasteiger partial charge in [0.15, 0.2) is 0 Å². The molecule has 2 rings (SSSR count). The van der Waals surface area contributed by atoms with Crippen molar-refractivity contribution in [2.75, 3.05) is 19.6 Å². The van der Waals surface area contributed by atoms with Crippen LogP contribution >= 0.6 is 15.9 Å². The first kappa shape index (κ1) is 13.0. The summed E-state index contributed by atoms with van der Waals surface area (Å²) in [5.41, 5.74) is 7.35. The third-order valence-corrected chi connectivity index (χ3v) is 4.03. The van der Waals surface area contributed by atoms with Gasteiger partial charge in [0.25, 0.3) is 0 Å². The average Bonchev–Trinajstić information content (AvgIpc) is 2.73. The van der Waals surface area contributed by atoms with Crippen molar-refractivity contribution >= 4 is 15.9 Å². The van der Waals surface area contributed by atoms with E-state index in [0.29, 0.717) is 0 Å². The first-order chi connectivity index (χ1) is 8.16. The van der Waals surface area contributed by atoms with Gasteiger partial charge in [-0.2, -0.15) is 0 Å². The first-order valence-corrected chi connectivity index (χ1v) is 6.86. The maximum absolute atomic E-state index is 9.45. The maximum Gasteiger partial charge on any atom is 0.0679 e. The Bertz CT molecular complexity index is 372. The smallest absolute Gasteiger partial charge is 0.0679 e. The van der Waals surface area contributed by atoms with E-state index in [4.69, 9.17) is 5.73 Å². The molecule has 1 aromatic rings. The second-order valence-corrected chi connectivity index (χ2v) is 5.51. The van der Waals surface area contributed by atoms with Gasteiger partial charge in [-0.25, -0.2) is 0 Å². The molecule has 0 saturated carbocycles. The van der Waals surface area contributed by atoms with E-state index in [9.17, 15) is 5.11 Å². The number of likely N-dealkylation sites (tertiary alicyclic amines) is 1. The zero-order valence-electron chi connectivity index (χ0n) is 9.85. The number of benzene rings is 1. The second-order valence-electron chi connectivity index (χ2n) is 4.66. The van der Waals surface area contributed by atoms with E-state index in [0.717, 1.165) is 42.5 Å². The number of hydrogen-bond donors (Lipinski definition) is 2. The van der Waals surface area contributed by atoms with Crippen LogP contribution in [0.15, 0.2) is 28.7 Å². The summed E-state index contributed by atoms with van der Waals surface area (Å²) < 4.78 is 1.08. The topological polar surface area (TPSA) is 49.5 Å². The van der Waals surface area contributed by atoms with Gasteiger partial charge in [0.2, 0.25) is 0 Å². The van der Waals surface area contributed by atoms with Gasteiger partial charge < -0.3 is 15.7 Å². The Morgan fingerprint density at radius 1 is 1.47 bits per heavy atom. The molecule has 0 amide bonds. The summed E-state index contributed by atoms with van der Waals surface area (Å²) >= 11 is 3.53. The third-order valence-electron chi connectivity index (χ3n) is 3.31. The van der Waals surface area contributed by atoms with Gasteiger partial charge in [-0.05, 0) is 24.5 Å². The number of aliphatic hydroxyl groups is 1. The van der Waals surface area contributed by atoms with E-state index in [1.165, 1.54) is 0 Å². The summed E-state index contributed by atoms with van der Waals surface area (Å²) in [7, 11) is 0. The SMILES string of the molecule is NC(CCN1CCC(O)C1)c1ccccc1Br. The zero-order chi connectivity index (χ0) is 12.3. The van der Waals surface area contributed by atoms with E-state index in [2.05, 4.69) is 26.9 Å². The van der Waals surface area contributed by atoms with Crippen molar-refractivity contribution in [2.24, 2.45) is 5.73 Å². The molecule has 4 heteroatoms. The predicted octanol–water partition coefficient (Wildman–Crippen LogP) is 1.91. The molecule has 17 heavy (non-hydrogen) atoms. The summed E-state index contributed by atoms with van der Waals surface area (Å²) in [6.45, 7) is 2.74. The quantitative estimate of drug-likeness (QED) is 0.893. The molecule has 1 saturated heterocycles. The highest BCUT2D eigenvalue weighted by molar-refractivity contribution is 9.10. The van der Waals surface area contributed by atoms with E-state index >= 15 is 0 Å². The van der Waals surface area contributed by atoms with Crippen molar-refractivity contribution in [1.29, 1.82) is 0 Å². The molecule has 0 spiro atoms. The molecule has 3 nitrogen and oxygen atoms in total. The Balaban J connectivity index is 1.85. The number of halogens is 1. The normalized spacial score (nSPS) is 22.9. The Morgan fingerprint density at radius 2 is 2.24 bits per heavy atom. The summed E-state index contributed by atoms with van der Waals surface area (Å²) in [5.74, 6) is 0. The van der Waals surface area contributed by atoms with Crippen LogP contribution in [0.2, 0.25) is 0 Å². The van der Waals surface area contributed by atoms with Gasteiger partial charge in [0.1, 0.15) is 0 Å². The maximum atomic E-state index is 9.45. The lowest BCUT2D eigenvalue weighted by Gasteiger charge is -2.19. The molecule has 0 aliphatic carbocycles. The minimum atomic E-state index is -0.144. The molecule has 1 aromatic carbocycles. The Morgan fingerprint density at radius 3 is 2.88 bits per heavy atom. The molecule has 0 aromatic heterocycles. The number of aliphatic hydroxyl groups excluding tert-OH is 1. The average molecular weight is 299 g/mol. The first-order valence-electron chi connectivity index (χ1n) is 6.07. The van der Waals surface area contributed by atoms with Crippen LogP contribution in [0, 0.1) is 0 Å². The van der Waals surface area contributed by atoms with Crippen LogP contribution in [0.4, 0.5) is 0 Å². The number of nitrogens with zero attached hydrogens (tertiary/aromatic N) is 1. The molecule has 94 valence electrons. The Kier molecular flexibility index (Phi) is 4.56. The number of β-amino-alcohol motifs (C(OH)–C–C–N with tert-alkyl or cyclic N) is 1. The fourth-order valence-corrected chi connectivity index (χ4v) is 2.85. The molecule has 1 fully saturated rings. The molecular weight excluding hydrogens is 280 g/mol. The van der Waals surface area contributed by atoms with Crippen molar-refractivity contribution in [2.45, 2.75) is 25.0 Å². The number of hydrogen-bond acceptors (Lipinski definition) is 3. The summed E-state index contributed by atoms with van der Waals surface area (Å²) in [4.78, 5) is 2.28. The fourth-order valence-electron chi connectivity index (χ4n) is 2.27. The predicted molar refractivity (Wildman–Crippen MR) is 72.8 cm³/mol. The molecule has 1 aliphatic rings. The van der Waals surface area contributed by atoms with Crippen LogP contribution < -0.4 is 5.73 Å². The van der Waals surface area contributed by atoms with Crippen LogP contribution in [0.1, 0.15) is 24.4 Å². The van der Waals surface area contributed by atoms with E-state index in [-0.39, 0.29) is 12.1 Å². The van der Waals surface area contributed by atoms with E-state index < -0.39 is 0 Å². The molecule has 2 unspecified atom stereocenters. The van der Waals surface area contributed by atoms with Crippen molar-refractivity contribution < 1.29 is 5.11 Å². The third kappa shape index (κ3) is 3.52. The van der Waals surface area contributed by atoms with E-state index in [1.807, 2.05) is 18.2 Å². The highest BCUT2D eigenvalue weighted by Gasteiger charge is 2.20. The number of nitrogens with two attached hydrogens (primary N) is 1. The minimum absolute atomic E-state index is 0.0586. The molecule has 1 heterocycles. The molecule has 0 bridgehead atoms. The van der Waals surface area contributed by atoms with E-state index in [1.54, 1.807) is 0 Å². The van der Waals surface area contributed by atoms with Crippen LogP contribution in [-0.2, 0) is 0 Å². The second kappa shape index (κ2) is 5.96. The summed E-state index contributed by atoms with van der Waals surface area (Å²) in [6, 6.07) is 8.15. The van der Waals surface area contributed by atoms with Gasteiger partial charge >= 0.3 is 0 Å². The highest BCUT2D eigenvalue weighted by atomic mass is 79.9. The summed E-state index contributed by atoms with van der Waals surface area (Å²) in [6.07, 6.45) is 1.68. The van der Waals surface area contributed by atoms with Crippen LogP contribution in [0.3, 0.4) is 0 Å². The van der Waals surface area contributed by atoms with Gasteiger partial charge in [0, 0.05) is 30.1 Å². The van der Waals surface area contributed by atoms with Gasteiger partial charge in [-0.3, -0.25) is 0 Å². The van der Waals surface area contributed by atoms with Crippen molar-refractivity contribution in [3.05, 3.63) is 34.3 Å². The lowest BCUT2D eigenvalue weighted by atomic mass is 10.0. The minimum Gasteiger partial charge on any atom is -0.392 e. The number of rotatable bonds is 4. The van der Waals surface area contributed by atoms with Crippen molar-refractivity contribution in [3.8, 4) is 0 Å². The Hall–Kier alpha value is -0.420.